The maximum Gasteiger partial charge on any atom is 0.278 e. The Kier molecular flexibility index (Phi) is 4.64. The molecule has 8 nitrogen and oxygen atoms in total. The summed E-state index contributed by atoms with van der Waals surface area (Å²) >= 11 is 0. The number of likely N-dealkylation sites (N-methyl/N-ethyl adjacent to an activating group) is 1. The van der Waals surface area contributed by atoms with Crippen LogP contribution in [0.5, 0.6) is 0 Å². The average molecular weight is 343 g/mol. The van der Waals surface area contributed by atoms with Gasteiger partial charge in [0, 0.05) is 18.2 Å². The van der Waals surface area contributed by atoms with Crippen LogP contribution in [0.3, 0.4) is 0 Å². The number of amides is 1. The van der Waals surface area contributed by atoms with Gasteiger partial charge in [0.1, 0.15) is 18.1 Å². The Morgan fingerprint density at radius 1 is 1.32 bits per heavy atom. The molecule has 0 saturated carbocycles. The van der Waals surface area contributed by atoms with Crippen molar-refractivity contribution < 1.29 is 13.7 Å². The number of hydrogen-bond donors (Lipinski definition) is 1. The van der Waals surface area contributed by atoms with Gasteiger partial charge in [-0.05, 0) is 25.1 Å². The van der Waals surface area contributed by atoms with Gasteiger partial charge < -0.3 is 9.84 Å². The van der Waals surface area contributed by atoms with Crippen LogP contribution < -0.4 is 10.9 Å². The van der Waals surface area contributed by atoms with Gasteiger partial charge in [-0.3, -0.25) is 9.59 Å². The predicted molar refractivity (Wildman–Crippen MR) is 85.9 cm³/mol. The maximum absolute atomic E-state index is 13.3. The standard InChI is InChI=1S/C16H14FN5O3/c1-2-18-13(23)9-22-14(24)7-6-12(20-22)16-19-15(21-25-16)10-4-3-5-11(17)8-10/h3-8H,2,9H2,1H3,(H,18,23). The number of carbonyl (C=O) groups is 1. The highest BCUT2D eigenvalue weighted by Crippen LogP contribution is 2.20. The highest BCUT2D eigenvalue weighted by atomic mass is 19.1. The van der Waals surface area contributed by atoms with E-state index in [0.717, 1.165) is 4.68 Å². The zero-order chi connectivity index (χ0) is 17.8. The second kappa shape index (κ2) is 7.04. The molecule has 0 aliphatic heterocycles. The van der Waals surface area contributed by atoms with Crippen molar-refractivity contribution in [3.63, 3.8) is 0 Å². The SMILES string of the molecule is CCNC(=O)Cn1nc(-c2nc(-c3cccc(F)c3)no2)ccc1=O. The van der Waals surface area contributed by atoms with Crippen molar-refractivity contribution in [2.24, 2.45) is 0 Å². The Morgan fingerprint density at radius 2 is 2.16 bits per heavy atom. The first-order chi connectivity index (χ1) is 12.1. The first-order valence-corrected chi connectivity index (χ1v) is 7.51. The summed E-state index contributed by atoms with van der Waals surface area (Å²) in [5.41, 5.74) is 0.254. The number of carbonyl (C=O) groups excluding carboxylic acids is 1. The van der Waals surface area contributed by atoms with Crippen molar-refractivity contribution in [2.75, 3.05) is 6.54 Å². The third kappa shape index (κ3) is 3.77. The fourth-order valence-corrected chi connectivity index (χ4v) is 2.14. The zero-order valence-corrected chi connectivity index (χ0v) is 13.3. The van der Waals surface area contributed by atoms with E-state index in [4.69, 9.17) is 4.52 Å². The molecule has 1 amide bonds. The van der Waals surface area contributed by atoms with Gasteiger partial charge in [0.15, 0.2) is 0 Å². The van der Waals surface area contributed by atoms with Crippen LogP contribution >= 0.6 is 0 Å². The Morgan fingerprint density at radius 3 is 2.92 bits per heavy atom. The minimum absolute atomic E-state index is 0.0592. The zero-order valence-electron chi connectivity index (χ0n) is 13.3. The molecule has 0 radical (unpaired) electrons. The largest absolute Gasteiger partial charge is 0.355 e. The van der Waals surface area contributed by atoms with E-state index in [2.05, 4.69) is 20.6 Å². The summed E-state index contributed by atoms with van der Waals surface area (Å²) in [6, 6.07) is 8.43. The van der Waals surface area contributed by atoms with E-state index in [1.54, 1.807) is 13.0 Å². The number of benzene rings is 1. The van der Waals surface area contributed by atoms with Gasteiger partial charge in [0.2, 0.25) is 11.7 Å². The third-order valence-corrected chi connectivity index (χ3v) is 3.26. The normalized spacial score (nSPS) is 10.6. The molecule has 1 aromatic carbocycles. The number of hydrogen-bond acceptors (Lipinski definition) is 6. The summed E-state index contributed by atoms with van der Waals surface area (Å²) in [5.74, 6) is -0.501. The summed E-state index contributed by atoms with van der Waals surface area (Å²) in [6.07, 6.45) is 0. The van der Waals surface area contributed by atoms with Crippen LogP contribution in [0.1, 0.15) is 6.92 Å². The summed E-state index contributed by atoms with van der Waals surface area (Å²) in [5, 5.41) is 10.4. The molecule has 2 aromatic heterocycles. The van der Waals surface area contributed by atoms with E-state index in [0.29, 0.717) is 12.1 Å². The fourth-order valence-electron chi connectivity index (χ4n) is 2.14. The monoisotopic (exact) mass is 343 g/mol. The lowest BCUT2D eigenvalue weighted by molar-refractivity contribution is -0.121. The van der Waals surface area contributed by atoms with E-state index in [-0.39, 0.29) is 29.9 Å². The first kappa shape index (κ1) is 16.5. The lowest BCUT2D eigenvalue weighted by Gasteiger charge is -2.05. The molecule has 0 unspecified atom stereocenters. The van der Waals surface area contributed by atoms with E-state index in [1.165, 1.54) is 30.3 Å². The molecule has 3 aromatic rings. The minimum Gasteiger partial charge on any atom is -0.355 e. The summed E-state index contributed by atoms with van der Waals surface area (Å²) < 4.78 is 19.4. The summed E-state index contributed by atoms with van der Waals surface area (Å²) in [6.45, 7) is 2.01. The van der Waals surface area contributed by atoms with Crippen LogP contribution in [0.25, 0.3) is 23.0 Å². The van der Waals surface area contributed by atoms with Crippen molar-refractivity contribution in [3.8, 4) is 23.0 Å². The molecular formula is C16H14FN5O3. The van der Waals surface area contributed by atoms with Crippen LogP contribution in [0, 0.1) is 5.82 Å². The molecule has 0 saturated heterocycles. The third-order valence-electron chi connectivity index (χ3n) is 3.26. The summed E-state index contributed by atoms with van der Waals surface area (Å²) in [4.78, 5) is 27.6. The first-order valence-electron chi connectivity index (χ1n) is 7.51. The van der Waals surface area contributed by atoms with Gasteiger partial charge in [-0.25, -0.2) is 9.07 Å². The smallest absolute Gasteiger partial charge is 0.278 e. The number of rotatable bonds is 5. The van der Waals surface area contributed by atoms with E-state index < -0.39 is 11.4 Å². The Bertz CT molecular complexity index is 966. The molecule has 0 aliphatic carbocycles. The molecule has 2 heterocycles. The molecule has 128 valence electrons. The maximum atomic E-state index is 13.3. The number of nitrogens with one attached hydrogen (secondary N) is 1. The molecule has 3 rings (SSSR count). The van der Waals surface area contributed by atoms with E-state index in [1.807, 2.05) is 0 Å². The molecule has 0 fully saturated rings. The van der Waals surface area contributed by atoms with Gasteiger partial charge in [0.25, 0.3) is 11.4 Å². The topological polar surface area (TPSA) is 103 Å². The Labute approximate surface area is 141 Å². The second-order valence-electron chi connectivity index (χ2n) is 5.10. The highest BCUT2D eigenvalue weighted by molar-refractivity contribution is 5.75. The van der Waals surface area contributed by atoms with E-state index >= 15 is 0 Å². The fraction of sp³-hybridized carbons (Fsp3) is 0.188. The molecule has 25 heavy (non-hydrogen) atoms. The van der Waals surface area contributed by atoms with Gasteiger partial charge in [0.05, 0.1) is 0 Å². The lowest BCUT2D eigenvalue weighted by Crippen LogP contribution is -2.33. The van der Waals surface area contributed by atoms with Gasteiger partial charge in [-0.15, -0.1) is 0 Å². The van der Waals surface area contributed by atoms with Crippen LogP contribution in [0.15, 0.2) is 45.7 Å². The van der Waals surface area contributed by atoms with Crippen LogP contribution in [0.2, 0.25) is 0 Å². The van der Waals surface area contributed by atoms with Crippen molar-refractivity contribution in [1.82, 2.24) is 25.2 Å². The van der Waals surface area contributed by atoms with Crippen molar-refractivity contribution in [1.29, 1.82) is 0 Å². The lowest BCUT2D eigenvalue weighted by atomic mass is 10.2. The highest BCUT2D eigenvalue weighted by Gasteiger charge is 2.14. The van der Waals surface area contributed by atoms with E-state index in [9.17, 15) is 14.0 Å². The van der Waals surface area contributed by atoms with Gasteiger partial charge in [-0.1, -0.05) is 17.3 Å². The second-order valence-corrected chi connectivity index (χ2v) is 5.10. The van der Waals surface area contributed by atoms with Gasteiger partial charge >= 0.3 is 0 Å². The summed E-state index contributed by atoms with van der Waals surface area (Å²) in [7, 11) is 0. The molecule has 0 atom stereocenters. The quantitative estimate of drug-likeness (QED) is 0.747. The minimum atomic E-state index is -0.431. The van der Waals surface area contributed by atoms with Crippen molar-refractivity contribution in [3.05, 3.63) is 52.6 Å². The van der Waals surface area contributed by atoms with Crippen LogP contribution in [-0.4, -0.2) is 32.4 Å². The molecular weight excluding hydrogens is 329 g/mol. The van der Waals surface area contributed by atoms with Crippen molar-refractivity contribution in [2.45, 2.75) is 13.5 Å². The van der Waals surface area contributed by atoms with Gasteiger partial charge in [-0.2, -0.15) is 10.1 Å². The molecule has 9 heteroatoms. The molecule has 0 aliphatic rings. The predicted octanol–water partition coefficient (Wildman–Crippen LogP) is 1.24. The molecule has 0 bridgehead atoms. The Hall–Kier alpha value is -3.36. The van der Waals surface area contributed by atoms with Crippen LogP contribution in [0.4, 0.5) is 4.39 Å². The molecule has 0 spiro atoms. The number of nitrogens with zero attached hydrogens (tertiary/aromatic N) is 4. The number of aromatic nitrogens is 4. The van der Waals surface area contributed by atoms with Crippen LogP contribution in [-0.2, 0) is 11.3 Å². The Balaban J connectivity index is 1.90. The van der Waals surface area contributed by atoms with Crippen molar-refractivity contribution >= 4 is 5.91 Å². The number of halogens is 1. The average Bonchev–Trinajstić information content (AvgIpc) is 3.07. The molecule has 1 N–H and O–H groups in total.